The number of amides is 3. The third-order valence-electron chi connectivity index (χ3n) is 5.43. The number of carbonyl (C=O) groups is 2. The lowest BCUT2D eigenvalue weighted by atomic mass is 10.0. The molecule has 160 valence electrons. The van der Waals surface area contributed by atoms with E-state index in [1.807, 2.05) is 36.4 Å². The number of benzene rings is 2. The second-order valence-corrected chi connectivity index (χ2v) is 7.51. The molecule has 0 unspecified atom stereocenters. The van der Waals surface area contributed by atoms with Gasteiger partial charge in [0, 0.05) is 45.3 Å². The molecule has 0 bridgehead atoms. The van der Waals surface area contributed by atoms with Gasteiger partial charge in [-0.2, -0.15) is 0 Å². The second kappa shape index (κ2) is 10.2. The largest absolute Gasteiger partial charge is 0.496 e. The minimum absolute atomic E-state index is 0.311. The molecule has 7 nitrogen and oxygen atoms in total. The lowest BCUT2D eigenvalue weighted by molar-refractivity contribution is -0.126. The fraction of sp³-hybridized carbons (Fsp3) is 0.391. The first-order chi connectivity index (χ1) is 14.5. The lowest BCUT2D eigenvalue weighted by Gasteiger charge is -2.38. The molecule has 3 amide bonds. The normalized spacial score (nSPS) is 16.0. The second-order valence-electron chi connectivity index (χ2n) is 7.51. The zero-order valence-electron chi connectivity index (χ0n) is 17.9. The summed E-state index contributed by atoms with van der Waals surface area (Å²) in [6.45, 7) is 6.00. The van der Waals surface area contributed by atoms with Crippen molar-refractivity contribution in [2.24, 2.45) is 0 Å². The highest BCUT2D eigenvalue weighted by atomic mass is 16.5. The van der Waals surface area contributed by atoms with Crippen molar-refractivity contribution in [3.05, 3.63) is 65.2 Å². The SMILES string of the molecule is CNC(=O)NC(=O)[C@@H](c1ccccc1)N1CCN(Cc2cc(C)ccc2OC)CC1. The van der Waals surface area contributed by atoms with Gasteiger partial charge in [0.2, 0.25) is 5.91 Å². The number of hydrogen-bond acceptors (Lipinski definition) is 5. The molecule has 3 rings (SSSR count). The summed E-state index contributed by atoms with van der Waals surface area (Å²) in [7, 11) is 3.19. The van der Waals surface area contributed by atoms with E-state index in [0.717, 1.165) is 44.0 Å². The van der Waals surface area contributed by atoms with Crippen LogP contribution in [0.1, 0.15) is 22.7 Å². The highest BCUT2D eigenvalue weighted by molar-refractivity contribution is 5.97. The molecule has 2 N–H and O–H groups in total. The van der Waals surface area contributed by atoms with Crippen LogP contribution >= 0.6 is 0 Å². The van der Waals surface area contributed by atoms with E-state index in [4.69, 9.17) is 4.74 Å². The predicted octanol–water partition coefficient (Wildman–Crippen LogP) is 2.32. The summed E-state index contributed by atoms with van der Waals surface area (Å²) < 4.78 is 5.51. The lowest BCUT2D eigenvalue weighted by Crippen LogP contribution is -2.52. The number of ether oxygens (including phenoxy) is 1. The number of carbonyl (C=O) groups excluding carboxylic acids is 2. The summed E-state index contributed by atoms with van der Waals surface area (Å²) >= 11 is 0. The summed E-state index contributed by atoms with van der Waals surface area (Å²) in [6.07, 6.45) is 0. The van der Waals surface area contributed by atoms with Crippen LogP contribution in [-0.4, -0.2) is 62.1 Å². The highest BCUT2D eigenvalue weighted by Gasteiger charge is 2.31. The number of nitrogens with one attached hydrogen (secondary N) is 2. The van der Waals surface area contributed by atoms with Gasteiger partial charge in [-0.05, 0) is 18.6 Å². The Kier molecular flexibility index (Phi) is 7.43. The summed E-state index contributed by atoms with van der Waals surface area (Å²) in [5.41, 5.74) is 3.26. The van der Waals surface area contributed by atoms with Crippen molar-refractivity contribution in [3.8, 4) is 5.75 Å². The molecular formula is C23H30N4O3. The molecule has 0 saturated carbocycles. The molecule has 1 fully saturated rings. The first-order valence-corrected chi connectivity index (χ1v) is 10.2. The van der Waals surface area contributed by atoms with Crippen molar-refractivity contribution in [1.29, 1.82) is 0 Å². The third-order valence-corrected chi connectivity index (χ3v) is 5.43. The number of methoxy groups -OCH3 is 1. The monoisotopic (exact) mass is 410 g/mol. The van der Waals surface area contributed by atoms with Gasteiger partial charge in [0.1, 0.15) is 11.8 Å². The minimum Gasteiger partial charge on any atom is -0.496 e. The molecule has 0 spiro atoms. The quantitative estimate of drug-likeness (QED) is 0.765. The van der Waals surface area contributed by atoms with Crippen molar-refractivity contribution in [2.45, 2.75) is 19.5 Å². The fourth-order valence-electron chi connectivity index (χ4n) is 3.86. The maximum atomic E-state index is 12.9. The summed E-state index contributed by atoms with van der Waals surface area (Å²) in [5, 5.41) is 4.88. The molecule has 1 atom stereocenters. The van der Waals surface area contributed by atoms with Crippen LogP contribution in [0.5, 0.6) is 5.75 Å². The average Bonchev–Trinajstić information content (AvgIpc) is 2.76. The third kappa shape index (κ3) is 5.37. The Balaban J connectivity index is 1.69. The van der Waals surface area contributed by atoms with Crippen LogP contribution in [0.4, 0.5) is 4.79 Å². The number of urea groups is 1. The number of imide groups is 1. The predicted molar refractivity (Wildman–Crippen MR) is 116 cm³/mol. The van der Waals surface area contributed by atoms with Crippen molar-refractivity contribution in [2.75, 3.05) is 40.3 Å². The molecule has 0 aromatic heterocycles. The molecule has 0 radical (unpaired) electrons. The van der Waals surface area contributed by atoms with Gasteiger partial charge in [0.25, 0.3) is 0 Å². The zero-order valence-corrected chi connectivity index (χ0v) is 17.9. The Morgan fingerprint density at radius 2 is 1.77 bits per heavy atom. The van der Waals surface area contributed by atoms with Crippen LogP contribution in [0.3, 0.4) is 0 Å². The number of piperazine rings is 1. The zero-order chi connectivity index (χ0) is 21.5. The Bertz CT molecular complexity index is 864. The number of nitrogens with zero attached hydrogens (tertiary/aromatic N) is 2. The van der Waals surface area contributed by atoms with Gasteiger partial charge < -0.3 is 10.1 Å². The summed E-state index contributed by atoms with van der Waals surface area (Å²) in [6, 6.07) is 14.8. The fourth-order valence-corrected chi connectivity index (χ4v) is 3.86. The van der Waals surface area contributed by atoms with Crippen LogP contribution in [0.15, 0.2) is 48.5 Å². The molecule has 1 saturated heterocycles. The van der Waals surface area contributed by atoms with E-state index in [-0.39, 0.29) is 5.91 Å². The molecule has 1 aliphatic rings. The van der Waals surface area contributed by atoms with Crippen molar-refractivity contribution in [1.82, 2.24) is 20.4 Å². The molecule has 1 heterocycles. The first kappa shape index (κ1) is 21.8. The molecule has 30 heavy (non-hydrogen) atoms. The summed E-state index contributed by atoms with van der Waals surface area (Å²) in [5.74, 6) is 0.588. The maximum absolute atomic E-state index is 12.9. The van der Waals surface area contributed by atoms with Gasteiger partial charge in [-0.1, -0.05) is 48.0 Å². The van der Waals surface area contributed by atoms with E-state index in [0.29, 0.717) is 0 Å². The van der Waals surface area contributed by atoms with Crippen LogP contribution < -0.4 is 15.4 Å². The van der Waals surface area contributed by atoms with E-state index in [1.165, 1.54) is 18.2 Å². The Morgan fingerprint density at radius 3 is 2.40 bits per heavy atom. The Labute approximate surface area is 178 Å². The standard InChI is InChI=1S/C23H30N4O3/c1-17-9-10-20(30-3)19(15-17)16-26-11-13-27(14-12-26)21(18-7-5-4-6-8-18)22(28)25-23(29)24-2/h4-10,15,21H,11-14,16H2,1-3H3,(H2,24,25,28,29)/t21-/m1/s1. The van der Waals surface area contributed by atoms with Gasteiger partial charge in [-0.3, -0.25) is 19.9 Å². The minimum atomic E-state index is -0.501. The Morgan fingerprint density at radius 1 is 1.07 bits per heavy atom. The van der Waals surface area contributed by atoms with Crippen LogP contribution in [0.2, 0.25) is 0 Å². The molecule has 7 heteroatoms. The van der Waals surface area contributed by atoms with Crippen LogP contribution in [-0.2, 0) is 11.3 Å². The Hall–Kier alpha value is -2.90. The highest BCUT2D eigenvalue weighted by Crippen LogP contribution is 2.25. The molecule has 2 aromatic carbocycles. The van der Waals surface area contributed by atoms with E-state index < -0.39 is 12.1 Å². The molecule has 2 aromatic rings. The maximum Gasteiger partial charge on any atom is 0.321 e. The number of rotatable bonds is 6. The van der Waals surface area contributed by atoms with Gasteiger partial charge in [-0.25, -0.2) is 4.79 Å². The average molecular weight is 411 g/mol. The van der Waals surface area contributed by atoms with Crippen molar-refractivity contribution < 1.29 is 14.3 Å². The summed E-state index contributed by atoms with van der Waals surface area (Å²) in [4.78, 5) is 29.1. The van der Waals surface area contributed by atoms with Crippen molar-refractivity contribution in [3.63, 3.8) is 0 Å². The molecular weight excluding hydrogens is 380 g/mol. The van der Waals surface area contributed by atoms with E-state index in [2.05, 4.69) is 39.5 Å². The first-order valence-electron chi connectivity index (χ1n) is 10.2. The van der Waals surface area contributed by atoms with E-state index >= 15 is 0 Å². The van der Waals surface area contributed by atoms with E-state index in [9.17, 15) is 9.59 Å². The van der Waals surface area contributed by atoms with Crippen LogP contribution in [0, 0.1) is 6.92 Å². The van der Waals surface area contributed by atoms with Crippen LogP contribution in [0.25, 0.3) is 0 Å². The molecule has 1 aliphatic heterocycles. The number of aryl methyl sites for hydroxylation is 1. The van der Waals surface area contributed by atoms with Gasteiger partial charge >= 0.3 is 6.03 Å². The smallest absolute Gasteiger partial charge is 0.321 e. The molecule has 0 aliphatic carbocycles. The van der Waals surface area contributed by atoms with E-state index in [1.54, 1.807) is 7.11 Å². The number of hydrogen-bond donors (Lipinski definition) is 2. The van der Waals surface area contributed by atoms with Gasteiger partial charge in [0.15, 0.2) is 0 Å². The topological polar surface area (TPSA) is 73.9 Å². The van der Waals surface area contributed by atoms with Crippen molar-refractivity contribution >= 4 is 11.9 Å². The van der Waals surface area contributed by atoms with Gasteiger partial charge in [0.05, 0.1) is 7.11 Å². The van der Waals surface area contributed by atoms with Gasteiger partial charge in [-0.15, -0.1) is 0 Å².